The van der Waals surface area contributed by atoms with E-state index in [9.17, 15) is 14.4 Å². The van der Waals surface area contributed by atoms with Crippen molar-refractivity contribution in [2.45, 2.75) is 19.4 Å². The summed E-state index contributed by atoms with van der Waals surface area (Å²) in [7, 11) is 0. The molecular weight excluding hydrogens is 406 g/mol. The normalized spacial score (nSPS) is 18.1. The van der Waals surface area contributed by atoms with Crippen molar-refractivity contribution < 1.29 is 19.1 Å². The van der Waals surface area contributed by atoms with E-state index in [1.807, 2.05) is 31.2 Å². The lowest BCUT2D eigenvalue weighted by Gasteiger charge is -2.32. The molecule has 2 aliphatic rings. The van der Waals surface area contributed by atoms with Gasteiger partial charge in [0, 0.05) is 10.7 Å². The van der Waals surface area contributed by atoms with Crippen LogP contribution in [0.25, 0.3) is 0 Å². The molecule has 2 aromatic rings. The molecule has 2 aliphatic heterocycles. The Kier molecular flexibility index (Phi) is 5.46. The third-order valence-electron chi connectivity index (χ3n) is 5.19. The van der Waals surface area contributed by atoms with E-state index in [4.69, 9.17) is 16.3 Å². The molecule has 0 bridgehead atoms. The number of hydrogen-bond donors (Lipinski definition) is 2. The Hall–Kier alpha value is -3.32. The number of anilines is 1. The van der Waals surface area contributed by atoms with E-state index >= 15 is 0 Å². The highest BCUT2D eigenvalue weighted by atomic mass is 35.5. The zero-order valence-corrected chi connectivity index (χ0v) is 17.0. The number of hydrogen-bond acceptors (Lipinski definition) is 4. The maximum Gasteiger partial charge on any atom is 0.338 e. The van der Waals surface area contributed by atoms with Crippen molar-refractivity contribution in [3.8, 4) is 0 Å². The van der Waals surface area contributed by atoms with Gasteiger partial charge in [0.2, 0.25) is 5.91 Å². The third kappa shape index (κ3) is 3.64. The van der Waals surface area contributed by atoms with Gasteiger partial charge in [-0.3, -0.25) is 9.69 Å². The minimum absolute atomic E-state index is 0.0681. The Morgan fingerprint density at radius 1 is 1.20 bits per heavy atom. The number of esters is 1. The summed E-state index contributed by atoms with van der Waals surface area (Å²) in [6, 6.07) is 13.2. The van der Waals surface area contributed by atoms with Gasteiger partial charge in [0.15, 0.2) is 0 Å². The molecule has 0 saturated carbocycles. The van der Waals surface area contributed by atoms with Gasteiger partial charge in [0.25, 0.3) is 0 Å². The Morgan fingerprint density at radius 3 is 2.70 bits per heavy atom. The fraction of sp³-hybridized carbons (Fsp3) is 0.227. The van der Waals surface area contributed by atoms with E-state index in [1.54, 1.807) is 24.3 Å². The van der Waals surface area contributed by atoms with Crippen molar-refractivity contribution in [2.24, 2.45) is 0 Å². The minimum Gasteiger partial charge on any atom is -0.456 e. The first-order valence-corrected chi connectivity index (χ1v) is 9.97. The Balaban J connectivity index is 1.61. The molecule has 0 radical (unpaired) electrons. The summed E-state index contributed by atoms with van der Waals surface area (Å²) in [5, 5.41) is 6.05. The summed E-state index contributed by atoms with van der Waals surface area (Å²) in [6.07, 6.45) is 0.762. The molecule has 0 spiro atoms. The third-order valence-corrected chi connectivity index (χ3v) is 5.53. The molecule has 2 N–H and O–H groups in total. The lowest BCUT2D eigenvalue weighted by atomic mass is 9.95. The second kappa shape index (κ2) is 8.20. The van der Waals surface area contributed by atoms with Crippen LogP contribution >= 0.6 is 11.6 Å². The predicted octanol–water partition coefficient (Wildman–Crippen LogP) is 3.42. The van der Waals surface area contributed by atoms with E-state index in [1.165, 1.54) is 4.90 Å². The molecule has 7 nitrogen and oxygen atoms in total. The van der Waals surface area contributed by atoms with E-state index in [-0.39, 0.29) is 19.1 Å². The monoisotopic (exact) mass is 425 g/mol. The lowest BCUT2D eigenvalue weighted by Crippen LogP contribution is -2.49. The summed E-state index contributed by atoms with van der Waals surface area (Å²) < 4.78 is 5.18. The van der Waals surface area contributed by atoms with Crippen molar-refractivity contribution >= 4 is 35.2 Å². The molecule has 0 saturated heterocycles. The van der Waals surface area contributed by atoms with E-state index in [0.29, 0.717) is 27.5 Å². The van der Waals surface area contributed by atoms with Crippen LogP contribution in [0, 0.1) is 0 Å². The van der Waals surface area contributed by atoms with Crippen molar-refractivity contribution in [1.82, 2.24) is 10.2 Å². The van der Waals surface area contributed by atoms with Gasteiger partial charge in [-0.05, 0) is 29.7 Å². The fourth-order valence-corrected chi connectivity index (χ4v) is 3.95. The van der Waals surface area contributed by atoms with E-state index in [0.717, 1.165) is 12.0 Å². The number of carbonyl (C=O) groups excluding carboxylic acids is 3. The zero-order valence-electron chi connectivity index (χ0n) is 16.3. The van der Waals surface area contributed by atoms with Crippen molar-refractivity contribution in [3.05, 3.63) is 76.0 Å². The number of benzene rings is 2. The van der Waals surface area contributed by atoms with Crippen LogP contribution in [0.3, 0.4) is 0 Å². The van der Waals surface area contributed by atoms with Crippen LogP contribution in [0.5, 0.6) is 0 Å². The molecule has 154 valence electrons. The maximum atomic E-state index is 12.8. The zero-order chi connectivity index (χ0) is 21.3. The molecular formula is C22H20ClN3O4. The number of nitrogens with one attached hydrogen (secondary N) is 2. The second-order valence-corrected chi connectivity index (χ2v) is 7.39. The highest BCUT2D eigenvalue weighted by molar-refractivity contribution is 6.31. The smallest absolute Gasteiger partial charge is 0.338 e. The van der Waals surface area contributed by atoms with Crippen molar-refractivity contribution in [3.63, 3.8) is 0 Å². The molecule has 30 heavy (non-hydrogen) atoms. The first kappa shape index (κ1) is 20.0. The van der Waals surface area contributed by atoms with E-state index in [2.05, 4.69) is 10.6 Å². The van der Waals surface area contributed by atoms with Crippen LogP contribution in [0.4, 0.5) is 10.5 Å². The number of rotatable bonds is 5. The van der Waals surface area contributed by atoms with Gasteiger partial charge in [-0.15, -0.1) is 0 Å². The molecule has 2 heterocycles. The second-order valence-electron chi connectivity index (χ2n) is 6.99. The first-order valence-electron chi connectivity index (χ1n) is 9.60. The van der Waals surface area contributed by atoms with Gasteiger partial charge in [-0.1, -0.05) is 54.9 Å². The van der Waals surface area contributed by atoms with Crippen molar-refractivity contribution in [2.75, 3.05) is 18.5 Å². The summed E-state index contributed by atoms with van der Waals surface area (Å²) in [5.41, 5.74) is 2.97. The topological polar surface area (TPSA) is 87.7 Å². The molecule has 3 amide bonds. The van der Waals surface area contributed by atoms with E-state index < -0.39 is 18.0 Å². The van der Waals surface area contributed by atoms with Gasteiger partial charge >= 0.3 is 12.0 Å². The van der Waals surface area contributed by atoms with Crippen LogP contribution in [0.1, 0.15) is 24.1 Å². The number of nitrogens with zero attached hydrogens (tertiary/aromatic N) is 1. The highest BCUT2D eigenvalue weighted by Gasteiger charge is 2.43. The molecule has 0 aromatic heterocycles. The summed E-state index contributed by atoms with van der Waals surface area (Å²) >= 11 is 6.28. The van der Waals surface area contributed by atoms with Gasteiger partial charge in [0.1, 0.15) is 13.2 Å². The number of cyclic esters (lactones) is 1. The largest absolute Gasteiger partial charge is 0.456 e. The Labute approximate surface area is 178 Å². The predicted molar refractivity (Wildman–Crippen MR) is 112 cm³/mol. The molecule has 1 atom stereocenters. The molecule has 4 rings (SSSR count). The minimum atomic E-state index is -0.726. The number of ether oxygens (including phenoxy) is 1. The number of para-hydroxylation sites is 1. The first-order chi connectivity index (χ1) is 14.5. The maximum absolute atomic E-state index is 12.8. The van der Waals surface area contributed by atoms with Gasteiger partial charge in [0.05, 0.1) is 17.3 Å². The molecule has 0 fully saturated rings. The van der Waals surface area contributed by atoms with Crippen molar-refractivity contribution in [1.29, 1.82) is 0 Å². The van der Waals surface area contributed by atoms with Gasteiger partial charge in [-0.2, -0.15) is 0 Å². The number of carbonyl (C=O) groups is 3. The van der Waals surface area contributed by atoms with Crippen LogP contribution in [-0.2, 0) is 20.7 Å². The SMILES string of the molecule is CCc1ccccc1NC(=O)CN1C(=O)N[C@H](c2ccccc2Cl)C2=C1COC2=O. The summed E-state index contributed by atoms with van der Waals surface area (Å²) in [4.78, 5) is 39.2. The Bertz CT molecular complexity index is 1070. The van der Waals surface area contributed by atoms with Crippen LogP contribution in [0.15, 0.2) is 59.8 Å². The molecule has 8 heteroatoms. The standard InChI is InChI=1S/C22H20ClN3O4/c1-2-13-7-3-6-10-16(13)24-18(27)11-26-17-12-30-21(28)19(17)20(25-22(26)29)14-8-4-5-9-15(14)23/h3-10,20H,2,11-12H2,1H3,(H,24,27)(H,25,29)/t20-/m1/s1. The fourth-order valence-electron chi connectivity index (χ4n) is 3.70. The number of aryl methyl sites for hydroxylation is 1. The quantitative estimate of drug-likeness (QED) is 0.718. The molecule has 0 unspecified atom stereocenters. The summed E-state index contributed by atoms with van der Waals surface area (Å²) in [6.45, 7) is 1.69. The average Bonchev–Trinajstić information content (AvgIpc) is 3.12. The van der Waals surface area contributed by atoms with Crippen LogP contribution in [-0.4, -0.2) is 36.0 Å². The van der Waals surface area contributed by atoms with Crippen LogP contribution < -0.4 is 10.6 Å². The van der Waals surface area contributed by atoms with Crippen LogP contribution in [0.2, 0.25) is 5.02 Å². The number of amides is 3. The summed E-state index contributed by atoms with van der Waals surface area (Å²) in [5.74, 6) is -0.898. The Morgan fingerprint density at radius 2 is 1.93 bits per heavy atom. The van der Waals surface area contributed by atoms with Gasteiger partial charge < -0.3 is 15.4 Å². The molecule has 2 aromatic carbocycles. The highest BCUT2D eigenvalue weighted by Crippen LogP contribution is 2.37. The molecule has 0 aliphatic carbocycles. The number of urea groups is 1. The lowest BCUT2D eigenvalue weighted by molar-refractivity contribution is -0.136. The average molecular weight is 426 g/mol. The van der Waals surface area contributed by atoms with Gasteiger partial charge in [-0.25, -0.2) is 9.59 Å². The number of halogens is 1.